The summed E-state index contributed by atoms with van der Waals surface area (Å²) in [4.78, 5) is 0. The molecule has 0 aromatic carbocycles. The molecule has 0 radical (unpaired) electrons. The first-order valence-electron chi connectivity index (χ1n) is 4.07. The Morgan fingerprint density at radius 1 is 1.40 bits per heavy atom. The summed E-state index contributed by atoms with van der Waals surface area (Å²) in [7, 11) is 0. The fraction of sp³-hybridized carbons (Fsp3) is 1.00. The Hall–Kier alpha value is -0.0151. The molecule has 0 fully saturated rings. The minimum absolute atomic E-state index is 0.167. The van der Waals surface area contributed by atoms with Gasteiger partial charge in [0.2, 0.25) is 0 Å². The molecule has 0 spiro atoms. The topological polar surface area (TPSA) is 35.2 Å². The van der Waals surface area contributed by atoms with E-state index in [1.54, 1.807) is 0 Å². The summed E-state index contributed by atoms with van der Waals surface area (Å²) in [5, 5.41) is 0. The van der Waals surface area contributed by atoms with Gasteiger partial charge >= 0.3 is 0 Å². The van der Waals surface area contributed by atoms with Crippen LogP contribution in [0.1, 0.15) is 20.8 Å². The molecule has 0 saturated heterocycles. The van der Waals surface area contributed by atoms with E-state index in [1.807, 2.05) is 6.92 Å². The zero-order valence-corrected chi connectivity index (χ0v) is 7.26. The lowest BCUT2D eigenvalue weighted by molar-refractivity contribution is 0.297. The van der Waals surface area contributed by atoms with Crippen molar-refractivity contribution in [3.05, 3.63) is 0 Å². The SMILES string of the molecule is CCB(CC)OC[C@H](C)N. The van der Waals surface area contributed by atoms with E-state index in [1.165, 1.54) is 0 Å². The molecule has 0 heterocycles. The van der Waals surface area contributed by atoms with Crippen molar-refractivity contribution in [2.24, 2.45) is 5.73 Å². The maximum absolute atomic E-state index is 5.53. The van der Waals surface area contributed by atoms with Gasteiger partial charge in [0.1, 0.15) is 0 Å². The molecule has 10 heavy (non-hydrogen) atoms. The molecular formula is C7H18BNO. The maximum atomic E-state index is 5.53. The van der Waals surface area contributed by atoms with E-state index in [2.05, 4.69) is 13.8 Å². The van der Waals surface area contributed by atoms with Gasteiger partial charge in [-0.15, -0.1) is 0 Å². The van der Waals surface area contributed by atoms with E-state index < -0.39 is 0 Å². The zero-order chi connectivity index (χ0) is 7.98. The zero-order valence-electron chi connectivity index (χ0n) is 7.26. The third-order valence-corrected chi connectivity index (χ3v) is 1.51. The quantitative estimate of drug-likeness (QED) is 0.590. The van der Waals surface area contributed by atoms with Crippen molar-refractivity contribution in [2.75, 3.05) is 6.61 Å². The van der Waals surface area contributed by atoms with E-state index in [9.17, 15) is 0 Å². The van der Waals surface area contributed by atoms with Gasteiger partial charge in [-0.1, -0.05) is 26.5 Å². The number of nitrogens with two attached hydrogens (primary N) is 1. The van der Waals surface area contributed by atoms with Crippen molar-refractivity contribution in [3.63, 3.8) is 0 Å². The lowest BCUT2D eigenvalue weighted by atomic mass is 9.62. The highest BCUT2D eigenvalue weighted by molar-refractivity contribution is 6.51. The second-order valence-electron chi connectivity index (χ2n) is 2.75. The van der Waals surface area contributed by atoms with Crippen LogP contribution in [0.5, 0.6) is 0 Å². The van der Waals surface area contributed by atoms with Gasteiger partial charge in [-0.3, -0.25) is 0 Å². The number of hydrogen-bond acceptors (Lipinski definition) is 2. The van der Waals surface area contributed by atoms with Gasteiger partial charge in [0.05, 0.1) is 0 Å². The molecule has 0 aromatic heterocycles. The molecule has 0 aliphatic carbocycles. The minimum atomic E-state index is 0.167. The molecule has 0 aliphatic heterocycles. The van der Waals surface area contributed by atoms with Crippen LogP contribution in [0.25, 0.3) is 0 Å². The van der Waals surface area contributed by atoms with E-state index in [-0.39, 0.29) is 6.04 Å². The van der Waals surface area contributed by atoms with Crippen LogP contribution >= 0.6 is 0 Å². The summed E-state index contributed by atoms with van der Waals surface area (Å²) in [6.45, 7) is 7.32. The molecule has 1 atom stereocenters. The third kappa shape index (κ3) is 4.83. The van der Waals surface area contributed by atoms with Crippen LogP contribution in [-0.4, -0.2) is 19.6 Å². The standard InChI is InChI=1S/C7H18BNO/c1-4-8(5-2)10-6-7(3)9/h7H,4-6,9H2,1-3H3/t7-/m0/s1. The first kappa shape index (κ1) is 9.98. The van der Waals surface area contributed by atoms with Crippen molar-refractivity contribution < 1.29 is 4.65 Å². The summed E-state index contributed by atoms with van der Waals surface area (Å²) in [5.41, 5.74) is 5.53. The predicted molar refractivity (Wildman–Crippen MR) is 46.3 cm³/mol. The second kappa shape index (κ2) is 5.75. The predicted octanol–water partition coefficient (Wildman–Crippen LogP) is 1.38. The average molecular weight is 143 g/mol. The van der Waals surface area contributed by atoms with E-state index in [0.29, 0.717) is 13.5 Å². The lowest BCUT2D eigenvalue weighted by Crippen LogP contribution is -2.27. The highest BCUT2D eigenvalue weighted by Gasteiger charge is 2.09. The second-order valence-corrected chi connectivity index (χ2v) is 2.75. The molecular weight excluding hydrogens is 125 g/mol. The summed E-state index contributed by atoms with van der Waals surface area (Å²) in [5.74, 6) is 0. The molecule has 0 bridgehead atoms. The van der Waals surface area contributed by atoms with E-state index in [4.69, 9.17) is 10.4 Å². The fourth-order valence-electron chi connectivity index (χ4n) is 0.812. The summed E-state index contributed by atoms with van der Waals surface area (Å²) < 4.78 is 5.48. The van der Waals surface area contributed by atoms with E-state index in [0.717, 1.165) is 12.6 Å². The monoisotopic (exact) mass is 143 g/mol. The van der Waals surface area contributed by atoms with Gasteiger partial charge in [0, 0.05) is 12.6 Å². The van der Waals surface area contributed by atoms with Crippen molar-refractivity contribution in [1.82, 2.24) is 0 Å². The molecule has 0 amide bonds. The van der Waals surface area contributed by atoms with Gasteiger partial charge in [-0.2, -0.15) is 0 Å². The van der Waals surface area contributed by atoms with Crippen LogP contribution in [0.15, 0.2) is 0 Å². The molecule has 3 heteroatoms. The Morgan fingerprint density at radius 2 is 1.90 bits per heavy atom. The average Bonchev–Trinajstić information content (AvgIpc) is 1.90. The largest absolute Gasteiger partial charge is 0.434 e. The van der Waals surface area contributed by atoms with Crippen molar-refractivity contribution in [2.45, 2.75) is 39.5 Å². The normalized spacial score (nSPS) is 13.2. The molecule has 0 aromatic rings. The Morgan fingerprint density at radius 3 is 2.20 bits per heavy atom. The van der Waals surface area contributed by atoms with Gasteiger partial charge in [-0.25, -0.2) is 0 Å². The molecule has 0 rings (SSSR count). The molecule has 2 N–H and O–H groups in total. The van der Waals surface area contributed by atoms with Gasteiger partial charge in [0.25, 0.3) is 6.92 Å². The first-order chi connectivity index (χ1) is 4.70. The summed E-state index contributed by atoms with van der Waals surface area (Å²) in [6.07, 6.45) is 2.17. The Bertz CT molecular complexity index is 74.0. The van der Waals surface area contributed by atoms with Crippen LogP contribution < -0.4 is 5.73 Å². The van der Waals surface area contributed by atoms with Crippen LogP contribution in [0.3, 0.4) is 0 Å². The van der Waals surface area contributed by atoms with Crippen LogP contribution in [0.4, 0.5) is 0 Å². The van der Waals surface area contributed by atoms with Crippen molar-refractivity contribution >= 4 is 6.92 Å². The van der Waals surface area contributed by atoms with Gasteiger partial charge in [-0.05, 0) is 6.92 Å². The van der Waals surface area contributed by atoms with Crippen LogP contribution in [-0.2, 0) is 4.65 Å². The van der Waals surface area contributed by atoms with Crippen molar-refractivity contribution in [3.8, 4) is 0 Å². The number of rotatable bonds is 5. The first-order valence-corrected chi connectivity index (χ1v) is 4.07. The van der Waals surface area contributed by atoms with Crippen LogP contribution in [0, 0.1) is 0 Å². The Balaban J connectivity index is 3.26. The smallest absolute Gasteiger partial charge is 0.292 e. The molecule has 0 unspecified atom stereocenters. The fourth-order valence-corrected chi connectivity index (χ4v) is 0.812. The van der Waals surface area contributed by atoms with Crippen LogP contribution in [0.2, 0.25) is 12.6 Å². The summed E-state index contributed by atoms with van der Waals surface area (Å²) in [6, 6.07) is 0.167. The maximum Gasteiger partial charge on any atom is 0.292 e. The van der Waals surface area contributed by atoms with Gasteiger partial charge in [0.15, 0.2) is 0 Å². The highest BCUT2D eigenvalue weighted by atomic mass is 16.4. The Labute approximate surface area is 64.2 Å². The third-order valence-electron chi connectivity index (χ3n) is 1.51. The van der Waals surface area contributed by atoms with Gasteiger partial charge < -0.3 is 10.4 Å². The minimum Gasteiger partial charge on any atom is -0.434 e. The molecule has 0 aliphatic rings. The van der Waals surface area contributed by atoms with Crippen molar-refractivity contribution in [1.29, 1.82) is 0 Å². The summed E-state index contributed by atoms with van der Waals surface area (Å²) >= 11 is 0. The molecule has 2 nitrogen and oxygen atoms in total. The lowest BCUT2D eigenvalue weighted by Gasteiger charge is -2.11. The number of hydrogen-bond donors (Lipinski definition) is 1. The van der Waals surface area contributed by atoms with E-state index >= 15 is 0 Å². The molecule has 0 saturated carbocycles. The Kier molecular flexibility index (Phi) is 5.74. The highest BCUT2D eigenvalue weighted by Crippen LogP contribution is 1.99. The molecule has 60 valence electrons.